The smallest absolute Gasteiger partial charge is 0.254 e. The van der Waals surface area contributed by atoms with Gasteiger partial charge in [0, 0.05) is 17.6 Å². The van der Waals surface area contributed by atoms with Gasteiger partial charge in [-0.3, -0.25) is 9.59 Å². The zero-order valence-electron chi connectivity index (χ0n) is 14.3. The fourth-order valence-electron chi connectivity index (χ4n) is 3.38. The summed E-state index contributed by atoms with van der Waals surface area (Å²) in [7, 11) is 0. The van der Waals surface area contributed by atoms with Crippen molar-refractivity contribution in [3.05, 3.63) is 45.5 Å². The molecule has 1 aliphatic heterocycles. The molecule has 2 heterocycles. The first-order valence-corrected chi connectivity index (χ1v) is 8.83. The van der Waals surface area contributed by atoms with Crippen LogP contribution in [0, 0.1) is 27.7 Å². The Morgan fingerprint density at radius 1 is 1.25 bits per heavy atom. The summed E-state index contributed by atoms with van der Waals surface area (Å²) in [6.45, 7) is 8.52. The number of benzene rings is 1. The Kier molecular flexibility index (Phi) is 4.41. The molecule has 1 N–H and O–H groups in total. The van der Waals surface area contributed by atoms with Crippen LogP contribution in [0.2, 0.25) is 0 Å². The van der Waals surface area contributed by atoms with E-state index in [-0.39, 0.29) is 11.8 Å². The minimum absolute atomic E-state index is 0.0424. The third-order valence-electron chi connectivity index (χ3n) is 4.41. The van der Waals surface area contributed by atoms with Crippen molar-refractivity contribution in [1.29, 1.82) is 0 Å². The molecule has 0 aliphatic carbocycles. The van der Waals surface area contributed by atoms with Crippen LogP contribution in [0.4, 0.5) is 5.69 Å². The van der Waals surface area contributed by atoms with Gasteiger partial charge in [0.25, 0.3) is 5.91 Å². The van der Waals surface area contributed by atoms with E-state index in [1.54, 1.807) is 17.2 Å². The second-order valence-electron chi connectivity index (χ2n) is 6.37. The van der Waals surface area contributed by atoms with Crippen LogP contribution in [0.15, 0.2) is 17.5 Å². The molecule has 1 aromatic carbocycles. The van der Waals surface area contributed by atoms with Gasteiger partial charge in [0.05, 0.1) is 11.3 Å². The molecule has 1 fully saturated rings. The molecular weight excluding hydrogens is 322 g/mol. The molecule has 24 heavy (non-hydrogen) atoms. The Balaban J connectivity index is 1.79. The Bertz CT molecular complexity index is 789. The molecule has 126 valence electrons. The van der Waals surface area contributed by atoms with E-state index < -0.39 is 6.04 Å². The van der Waals surface area contributed by atoms with Crippen LogP contribution in [0.5, 0.6) is 0 Å². The number of anilines is 1. The summed E-state index contributed by atoms with van der Waals surface area (Å²) in [5, 5.41) is 4.58. The molecule has 6 heteroatoms. The number of carbonyl (C=O) groups is 2. The molecule has 0 spiro atoms. The number of aromatic nitrogens is 1. The van der Waals surface area contributed by atoms with E-state index in [9.17, 15) is 9.59 Å². The summed E-state index contributed by atoms with van der Waals surface area (Å²) in [5.41, 5.74) is 5.58. The lowest BCUT2D eigenvalue weighted by molar-refractivity contribution is -0.118. The summed E-state index contributed by atoms with van der Waals surface area (Å²) < 4.78 is 4.11. The van der Waals surface area contributed by atoms with Crippen LogP contribution in [0.1, 0.15) is 39.2 Å². The number of aryl methyl sites for hydroxylation is 4. The average molecular weight is 343 g/mol. The SMILES string of the molecule is Cc1cc(C)c(N2CC[C@@H](NC(=O)c3csnc3C)C2=O)c(C)c1. The lowest BCUT2D eigenvalue weighted by atomic mass is 10.0. The van der Waals surface area contributed by atoms with Crippen molar-refractivity contribution in [2.24, 2.45) is 0 Å². The molecule has 2 aromatic rings. The quantitative estimate of drug-likeness (QED) is 0.932. The van der Waals surface area contributed by atoms with Crippen LogP contribution in [0.3, 0.4) is 0 Å². The Hall–Kier alpha value is -2.21. The summed E-state index contributed by atoms with van der Waals surface area (Å²) in [4.78, 5) is 26.9. The molecule has 1 aliphatic rings. The van der Waals surface area contributed by atoms with Gasteiger partial charge in [-0.05, 0) is 56.8 Å². The predicted octanol–water partition coefficient (Wildman–Crippen LogP) is 2.91. The van der Waals surface area contributed by atoms with Crippen LogP contribution in [0.25, 0.3) is 0 Å². The number of nitrogens with zero attached hydrogens (tertiary/aromatic N) is 2. The number of rotatable bonds is 3. The largest absolute Gasteiger partial charge is 0.340 e. The minimum Gasteiger partial charge on any atom is -0.340 e. The average Bonchev–Trinajstić information content (AvgIpc) is 3.06. The van der Waals surface area contributed by atoms with E-state index in [1.165, 1.54) is 17.1 Å². The maximum Gasteiger partial charge on any atom is 0.254 e. The van der Waals surface area contributed by atoms with Gasteiger partial charge < -0.3 is 10.2 Å². The maximum atomic E-state index is 12.8. The summed E-state index contributed by atoms with van der Waals surface area (Å²) in [6, 6.07) is 3.70. The van der Waals surface area contributed by atoms with Crippen molar-refractivity contribution >= 4 is 29.0 Å². The molecule has 3 rings (SSSR count). The van der Waals surface area contributed by atoms with Gasteiger partial charge in [-0.25, -0.2) is 0 Å². The van der Waals surface area contributed by atoms with Crippen molar-refractivity contribution < 1.29 is 9.59 Å². The molecule has 1 saturated heterocycles. The first-order chi connectivity index (χ1) is 11.4. The molecule has 5 nitrogen and oxygen atoms in total. The lowest BCUT2D eigenvalue weighted by Crippen LogP contribution is -2.42. The maximum absolute atomic E-state index is 12.8. The number of carbonyl (C=O) groups excluding carboxylic acids is 2. The van der Waals surface area contributed by atoms with E-state index in [1.807, 2.05) is 13.8 Å². The van der Waals surface area contributed by atoms with Gasteiger partial charge in [-0.2, -0.15) is 4.37 Å². The molecule has 0 bridgehead atoms. The van der Waals surface area contributed by atoms with Crippen molar-refractivity contribution in [3.8, 4) is 0 Å². The topological polar surface area (TPSA) is 62.3 Å². The summed E-state index contributed by atoms with van der Waals surface area (Å²) >= 11 is 1.25. The Morgan fingerprint density at radius 2 is 1.92 bits per heavy atom. The predicted molar refractivity (Wildman–Crippen MR) is 95.7 cm³/mol. The van der Waals surface area contributed by atoms with Crippen LogP contribution < -0.4 is 10.2 Å². The first kappa shape index (κ1) is 16.6. The third-order valence-corrected chi connectivity index (χ3v) is 5.13. The second kappa shape index (κ2) is 6.36. The standard InChI is InChI=1S/C18H21N3O2S/c1-10-7-11(2)16(12(3)8-10)21-6-5-15(18(21)23)19-17(22)14-9-24-20-13(14)4/h7-9,15H,5-6H2,1-4H3,(H,19,22)/t15-/m1/s1. The van der Waals surface area contributed by atoms with Gasteiger partial charge in [-0.1, -0.05) is 17.7 Å². The monoisotopic (exact) mass is 343 g/mol. The number of amides is 2. The van der Waals surface area contributed by atoms with Crippen molar-refractivity contribution in [3.63, 3.8) is 0 Å². The van der Waals surface area contributed by atoms with E-state index in [0.29, 0.717) is 24.2 Å². The fraction of sp³-hybridized carbons (Fsp3) is 0.389. The lowest BCUT2D eigenvalue weighted by Gasteiger charge is -2.22. The molecule has 0 radical (unpaired) electrons. The van der Waals surface area contributed by atoms with Gasteiger partial charge in [0.2, 0.25) is 5.91 Å². The van der Waals surface area contributed by atoms with E-state index in [2.05, 4.69) is 28.7 Å². The molecule has 2 amide bonds. The summed E-state index contributed by atoms with van der Waals surface area (Å²) in [6.07, 6.45) is 0.619. The molecule has 1 atom stereocenters. The van der Waals surface area contributed by atoms with E-state index >= 15 is 0 Å². The zero-order chi connectivity index (χ0) is 17.4. The highest BCUT2D eigenvalue weighted by atomic mass is 32.1. The van der Waals surface area contributed by atoms with E-state index in [0.717, 1.165) is 16.8 Å². The van der Waals surface area contributed by atoms with Gasteiger partial charge in [0.15, 0.2) is 0 Å². The van der Waals surface area contributed by atoms with Crippen molar-refractivity contribution in [1.82, 2.24) is 9.69 Å². The third kappa shape index (κ3) is 2.94. The molecule has 0 saturated carbocycles. The highest BCUT2D eigenvalue weighted by Gasteiger charge is 2.35. The Labute approximate surface area is 145 Å². The number of hydrogen-bond acceptors (Lipinski definition) is 4. The van der Waals surface area contributed by atoms with Gasteiger partial charge >= 0.3 is 0 Å². The Morgan fingerprint density at radius 3 is 2.50 bits per heavy atom. The zero-order valence-corrected chi connectivity index (χ0v) is 15.2. The normalized spacial score (nSPS) is 17.4. The highest BCUT2D eigenvalue weighted by Crippen LogP contribution is 2.30. The number of nitrogens with one attached hydrogen (secondary N) is 1. The van der Waals surface area contributed by atoms with Crippen LogP contribution >= 0.6 is 11.5 Å². The minimum atomic E-state index is -0.475. The van der Waals surface area contributed by atoms with Gasteiger partial charge in [0.1, 0.15) is 6.04 Å². The first-order valence-electron chi connectivity index (χ1n) is 7.99. The molecular formula is C18H21N3O2S. The summed E-state index contributed by atoms with van der Waals surface area (Å²) in [5.74, 6) is -0.266. The van der Waals surface area contributed by atoms with Crippen LogP contribution in [-0.4, -0.2) is 28.8 Å². The highest BCUT2D eigenvalue weighted by molar-refractivity contribution is 7.03. The van der Waals surface area contributed by atoms with Gasteiger partial charge in [-0.15, -0.1) is 0 Å². The van der Waals surface area contributed by atoms with E-state index in [4.69, 9.17) is 0 Å². The number of hydrogen-bond donors (Lipinski definition) is 1. The molecule has 1 aromatic heterocycles. The van der Waals surface area contributed by atoms with Crippen molar-refractivity contribution in [2.45, 2.75) is 40.2 Å². The van der Waals surface area contributed by atoms with Crippen molar-refractivity contribution in [2.75, 3.05) is 11.4 Å². The molecule has 0 unspecified atom stereocenters. The van der Waals surface area contributed by atoms with Crippen LogP contribution in [-0.2, 0) is 4.79 Å². The fourth-order valence-corrected chi connectivity index (χ4v) is 4.07. The second-order valence-corrected chi connectivity index (χ2v) is 6.99.